The Morgan fingerprint density at radius 3 is 3.00 bits per heavy atom. The maximum atomic E-state index is 5.87. The van der Waals surface area contributed by atoms with Crippen LogP contribution in [0, 0.1) is 6.07 Å². The fourth-order valence-electron chi connectivity index (χ4n) is 0.791. The van der Waals surface area contributed by atoms with Crippen molar-refractivity contribution in [2.75, 3.05) is 0 Å². The van der Waals surface area contributed by atoms with E-state index in [1.54, 1.807) is 12.1 Å². The standard InChI is InChI=1S/C10H12ClO/c1-3-8(2)12-10-7-5-4-6-9(10)11/h5-8H,3H2,1-2H3/t8-/m0/s1. The molecule has 2 heteroatoms. The van der Waals surface area contributed by atoms with E-state index in [9.17, 15) is 0 Å². The van der Waals surface area contributed by atoms with Gasteiger partial charge in [0.05, 0.1) is 11.1 Å². The molecular formula is C10H12ClO. The molecule has 0 spiro atoms. The molecule has 65 valence electrons. The minimum absolute atomic E-state index is 0.213. The monoisotopic (exact) mass is 183 g/mol. The first-order valence-electron chi connectivity index (χ1n) is 4.06. The first kappa shape index (κ1) is 9.40. The second kappa shape index (κ2) is 4.36. The summed E-state index contributed by atoms with van der Waals surface area (Å²) < 4.78 is 5.54. The normalized spacial score (nSPS) is 12.6. The van der Waals surface area contributed by atoms with Crippen molar-refractivity contribution in [3.63, 3.8) is 0 Å². The van der Waals surface area contributed by atoms with Crippen LogP contribution in [-0.4, -0.2) is 6.10 Å². The molecule has 0 heterocycles. The molecule has 0 saturated carbocycles. The van der Waals surface area contributed by atoms with Crippen molar-refractivity contribution in [3.05, 3.63) is 29.3 Å². The largest absolute Gasteiger partial charge is 0.489 e. The fourth-order valence-corrected chi connectivity index (χ4v) is 0.962. The van der Waals surface area contributed by atoms with Crippen molar-refractivity contribution in [3.8, 4) is 5.75 Å². The van der Waals surface area contributed by atoms with Gasteiger partial charge in [-0.15, -0.1) is 0 Å². The maximum absolute atomic E-state index is 5.87. The van der Waals surface area contributed by atoms with Gasteiger partial charge in [0, 0.05) is 0 Å². The van der Waals surface area contributed by atoms with Gasteiger partial charge in [-0.3, -0.25) is 0 Å². The van der Waals surface area contributed by atoms with Gasteiger partial charge in [0.1, 0.15) is 5.75 Å². The van der Waals surface area contributed by atoms with Crippen molar-refractivity contribution >= 4 is 11.6 Å². The van der Waals surface area contributed by atoms with E-state index in [1.807, 2.05) is 13.0 Å². The van der Waals surface area contributed by atoms with E-state index in [2.05, 4.69) is 13.0 Å². The molecule has 1 rings (SSSR count). The van der Waals surface area contributed by atoms with Gasteiger partial charge in [-0.25, -0.2) is 0 Å². The summed E-state index contributed by atoms with van der Waals surface area (Å²) in [6, 6.07) is 8.21. The second-order valence-corrected chi connectivity index (χ2v) is 3.10. The van der Waals surface area contributed by atoms with E-state index in [-0.39, 0.29) is 6.10 Å². The number of hydrogen-bond acceptors (Lipinski definition) is 1. The Kier molecular flexibility index (Phi) is 3.42. The van der Waals surface area contributed by atoms with Crippen molar-refractivity contribution in [1.29, 1.82) is 0 Å². The van der Waals surface area contributed by atoms with Crippen LogP contribution in [0.1, 0.15) is 20.3 Å². The Morgan fingerprint density at radius 1 is 1.67 bits per heavy atom. The molecule has 1 radical (unpaired) electrons. The minimum Gasteiger partial charge on any atom is -0.489 e. The predicted molar refractivity (Wildman–Crippen MR) is 50.7 cm³/mol. The highest BCUT2D eigenvalue weighted by Gasteiger charge is 2.03. The number of halogens is 1. The summed E-state index contributed by atoms with van der Waals surface area (Å²) in [4.78, 5) is 0. The van der Waals surface area contributed by atoms with Crippen molar-refractivity contribution in [2.24, 2.45) is 0 Å². The highest BCUT2D eigenvalue weighted by Crippen LogP contribution is 2.24. The van der Waals surface area contributed by atoms with Gasteiger partial charge in [-0.1, -0.05) is 24.6 Å². The lowest BCUT2D eigenvalue weighted by molar-refractivity contribution is 0.217. The van der Waals surface area contributed by atoms with Crippen LogP contribution in [0.25, 0.3) is 0 Å². The van der Waals surface area contributed by atoms with Crippen LogP contribution in [0.3, 0.4) is 0 Å². The molecule has 1 nitrogen and oxygen atoms in total. The smallest absolute Gasteiger partial charge is 0.138 e. The molecule has 12 heavy (non-hydrogen) atoms. The summed E-state index contributed by atoms with van der Waals surface area (Å²) in [5, 5.41) is 0.623. The zero-order chi connectivity index (χ0) is 8.97. The van der Waals surface area contributed by atoms with Crippen LogP contribution in [0.2, 0.25) is 5.02 Å². The summed E-state index contributed by atoms with van der Waals surface area (Å²) in [5.41, 5.74) is 0. The molecule has 0 saturated heterocycles. The highest BCUT2D eigenvalue weighted by atomic mass is 35.5. The molecule has 0 aliphatic rings. The summed E-state index contributed by atoms with van der Waals surface area (Å²) in [7, 11) is 0. The minimum atomic E-state index is 0.213. The molecule has 0 aliphatic carbocycles. The van der Waals surface area contributed by atoms with Crippen molar-refractivity contribution in [1.82, 2.24) is 0 Å². The van der Waals surface area contributed by atoms with Gasteiger partial charge < -0.3 is 4.74 Å². The Balaban J connectivity index is 2.69. The molecule has 1 aromatic carbocycles. The van der Waals surface area contributed by atoms with Gasteiger partial charge in [-0.05, 0) is 31.5 Å². The van der Waals surface area contributed by atoms with E-state index in [0.29, 0.717) is 5.02 Å². The topological polar surface area (TPSA) is 9.23 Å². The van der Waals surface area contributed by atoms with Gasteiger partial charge in [0.2, 0.25) is 0 Å². The molecule has 0 amide bonds. The van der Waals surface area contributed by atoms with Crippen LogP contribution in [0.5, 0.6) is 5.75 Å². The van der Waals surface area contributed by atoms with Crippen LogP contribution in [-0.2, 0) is 0 Å². The Labute approximate surface area is 78.3 Å². The third kappa shape index (κ3) is 2.42. The average Bonchev–Trinajstić information content (AvgIpc) is 2.09. The summed E-state index contributed by atoms with van der Waals surface area (Å²) in [5.74, 6) is 0.741. The number of hydrogen-bond donors (Lipinski definition) is 0. The average molecular weight is 184 g/mol. The van der Waals surface area contributed by atoms with E-state index in [0.717, 1.165) is 12.2 Å². The quantitative estimate of drug-likeness (QED) is 0.699. The predicted octanol–water partition coefficient (Wildman–Crippen LogP) is 3.32. The molecule has 0 aliphatic heterocycles. The molecule has 0 aromatic heterocycles. The van der Waals surface area contributed by atoms with Gasteiger partial charge >= 0.3 is 0 Å². The Hall–Kier alpha value is -0.690. The number of ether oxygens (including phenoxy) is 1. The summed E-state index contributed by atoms with van der Waals surface area (Å²) in [6.45, 7) is 4.10. The summed E-state index contributed by atoms with van der Waals surface area (Å²) >= 11 is 5.87. The zero-order valence-electron chi connectivity index (χ0n) is 7.30. The maximum Gasteiger partial charge on any atom is 0.138 e. The van der Waals surface area contributed by atoms with E-state index >= 15 is 0 Å². The Morgan fingerprint density at radius 2 is 2.42 bits per heavy atom. The molecule has 0 N–H and O–H groups in total. The van der Waals surface area contributed by atoms with Crippen molar-refractivity contribution in [2.45, 2.75) is 26.4 Å². The lowest BCUT2D eigenvalue weighted by Gasteiger charge is -2.12. The molecule has 0 fully saturated rings. The lowest BCUT2D eigenvalue weighted by Crippen LogP contribution is -2.09. The number of benzene rings is 1. The third-order valence-corrected chi connectivity index (χ3v) is 1.97. The molecule has 0 bridgehead atoms. The van der Waals surface area contributed by atoms with E-state index < -0.39 is 0 Å². The van der Waals surface area contributed by atoms with Crippen LogP contribution in [0.4, 0.5) is 0 Å². The third-order valence-electron chi connectivity index (χ3n) is 1.68. The second-order valence-electron chi connectivity index (χ2n) is 2.69. The first-order valence-corrected chi connectivity index (χ1v) is 4.44. The zero-order valence-corrected chi connectivity index (χ0v) is 8.06. The van der Waals surface area contributed by atoms with Crippen LogP contribution in [0.15, 0.2) is 18.2 Å². The molecule has 1 aromatic rings. The molecule has 0 unspecified atom stereocenters. The number of rotatable bonds is 3. The van der Waals surface area contributed by atoms with E-state index in [1.165, 1.54) is 0 Å². The van der Waals surface area contributed by atoms with E-state index in [4.69, 9.17) is 16.3 Å². The van der Waals surface area contributed by atoms with Crippen LogP contribution >= 0.6 is 11.6 Å². The highest BCUT2D eigenvalue weighted by molar-refractivity contribution is 6.32. The Bertz CT molecular complexity index is 247. The summed E-state index contributed by atoms with van der Waals surface area (Å²) in [6.07, 6.45) is 1.19. The first-order chi connectivity index (χ1) is 5.74. The molecule has 1 atom stereocenters. The van der Waals surface area contributed by atoms with Crippen LogP contribution < -0.4 is 4.74 Å². The van der Waals surface area contributed by atoms with Gasteiger partial charge in [0.25, 0.3) is 0 Å². The lowest BCUT2D eigenvalue weighted by atomic mass is 10.3. The molecular weight excluding hydrogens is 172 g/mol. The fraction of sp³-hybridized carbons (Fsp3) is 0.400. The van der Waals surface area contributed by atoms with Crippen molar-refractivity contribution < 1.29 is 4.74 Å². The van der Waals surface area contributed by atoms with Gasteiger partial charge in [-0.2, -0.15) is 0 Å². The SMILES string of the molecule is CC[C@H](C)Oc1cc[c]cc1Cl. The van der Waals surface area contributed by atoms with Gasteiger partial charge in [0.15, 0.2) is 0 Å².